The molecule has 0 heterocycles. The van der Waals surface area contributed by atoms with E-state index in [1.807, 2.05) is 0 Å². The van der Waals surface area contributed by atoms with Crippen molar-refractivity contribution in [1.82, 2.24) is 5.32 Å². The van der Waals surface area contributed by atoms with Gasteiger partial charge in [0, 0.05) is 29.3 Å². The number of hydrogen-bond acceptors (Lipinski definition) is 4. The Kier molecular flexibility index (Phi) is 7.53. The fourth-order valence-electron chi connectivity index (χ4n) is 1.50. The summed E-state index contributed by atoms with van der Waals surface area (Å²) in [5, 5.41) is 7.48. The quantitative estimate of drug-likeness (QED) is 0.326. The van der Waals surface area contributed by atoms with Crippen LogP contribution in [0.2, 0.25) is 0 Å². The number of carbonyl (C=O) groups excluding carboxylic acids is 2. The van der Waals surface area contributed by atoms with Crippen LogP contribution in [-0.4, -0.2) is 44.3 Å². The zero-order chi connectivity index (χ0) is 18.0. The Morgan fingerprint density at radius 1 is 1.21 bits per heavy atom. The molecule has 0 atom stereocenters. The molecule has 130 valence electrons. The molecular formula is C13H14F3N5O3. The first kappa shape index (κ1) is 19.3. The number of amides is 2. The van der Waals surface area contributed by atoms with Gasteiger partial charge >= 0.3 is 12.1 Å². The van der Waals surface area contributed by atoms with Gasteiger partial charge in [-0.05, 0) is 29.8 Å². The summed E-state index contributed by atoms with van der Waals surface area (Å²) < 4.78 is 41.4. The highest BCUT2D eigenvalue weighted by Crippen LogP contribution is 2.18. The Bertz CT molecular complexity index is 612. The Balaban J connectivity index is 2.38. The first-order chi connectivity index (χ1) is 11.3. The van der Waals surface area contributed by atoms with Gasteiger partial charge < -0.3 is 15.4 Å². The summed E-state index contributed by atoms with van der Waals surface area (Å²) in [5.74, 6) is -2.53. The molecule has 0 bridgehead atoms. The van der Waals surface area contributed by atoms with E-state index in [2.05, 4.69) is 15.3 Å². The molecule has 0 spiro atoms. The van der Waals surface area contributed by atoms with E-state index in [4.69, 9.17) is 10.3 Å². The fourth-order valence-corrected chi connectivity index (χ4v) is 1.50. The molecule has 1 aromatic rings. The summed E-state index contributed by atoms with van der Waals surface area (Å²) in [6.45, 7) is 0.844. The Morgan fingerprint density at radius 2 is 1.88 bits per heavy atom. The number of alkyl halides is 3. The Morgan fingerprint density at radius 3 is 2.46 bits per heavy atom. The molecule has 1 rings (SSSR count). The number of nitrogens with one attached hydrogen (secondary N) is 2. The van der Waals surface area contributed by atoms with Crippen LogP contribution in [0.4, 0.5) is 18.9 Å². The zero-order valence-corrected chi connectivity index (χ0v) is 12.3. The van der Waals surface area contributed by atoms with E-state index < -0.39 is 18.0 Å². The number of benzene rings is 1. The molecule has 0 aromatic heterocycles. The molecule has 0 saturated heterocycles. The van der Waals surface area contributed by atoms with E-state index >= 15 is 0 Å². The number of carbonyl (C=O) groups is 2. The van der Waals surface area contributed by atoms with E-state index in [0.29, 0.717) is 0 Å². The lowest BCUT2D eigenvalue weighted by molar-refractivity contribution is -0.167. The number of rotatable bonds is 8. The maximum Gasteiger partial charge on any atom is 0.471 e. The smallest absolute Gasteiger partial charge is 0.379 e. The fraction of sp³-hybridized carbons (Fsp3) is 0.385. The van der Waals surface area contributed by atoms with Crippen molar-refractivity contribution in [2.75, 3.05) is 31.6 Å². The van der Waals surface area contributed by atoms with Crippen LogP contribution < -0.4 is 10.6 Å². The lowest BCUT2D eigenvalue weighted by Crippen LogP contribution is -2.30. The van der Waals surface area contributed by atoms with Crippen molar-refractivity contribution < 1.29 is 27.5 Å². The van der Waals surface area contributed by atoms with E-state index in [-0.39, 0.29) is 37.6 Å². The molecule has 0 unspecified atom stereocenters. The average Bonchev–Trinajstić information content (AvgIpc) is 2.53. The molecule has 0 aliphatic carbocycles. The van der Waals surface area contributed by atoms with Crippen LogP contribution in [0, 0.1) is 0 Å². The van der Waals surface area contributed by atoms with Crippen LogP contribution in [0.15, 0.2) is 29.4 Å². The third kappa shape index (κ3) is 6.99. The van der Waals surface area contributed by atoms with E-state index in [9.17, 15) is 22.8 Å². The number of nitrogens with zero attached hydrogens (tertiary/aromatic N) is 3. The predicted molar refractivity (Wildman–Crippen MR) is 78.3 cm³/mol. The zero-order valence-electron chi connectivity index (χ0n) is 12.3. The maximum absolute atomic E-state index is 12.1. The highest BCUT2D eigenvalue weighted by molar-refractivity contribution is 5.97. The number of hydrogen-bond donors (Lipinski definition) is 2. The van der Waals surface area contributed by atoms with Crippen molar-refractivity contribution in [1.29, 1.82) is 0 Å². The summed E-state index contributed by atoms with van der Waals surface area (Å²) in [6.07, 6.45) is -4.98. The van der Waals surface area contributed by atoms with Crippen molar-refractivity contribution in [3.63, 3.8) is 0 Å². The van der Waals surface area contributed by atoms with Gasteiger partial charge in [-0.1, -0.05) is 5.11 Å². The van der Waals surface area contributed by atoms with Crippen molar-refractivity contribution in [3.05, 3.63) is 40.3 Å². The van der Waals surface area contributed by atoms with Crippen molar-refractivity contribution >= 4 is 17.5 Å². The van der Waals surface area contributed by atoms with Crippen molar-refractivity contribution in [3.8, 4) is 0 Å². The van der Waals surface area contributed by atoms with Crippen molar-refractivity contribution in [2.45, 2.75) is 6.18 Å². The van der Waals surface area contributed by atoms with Gasteiger partial charge in [-0.2, -0.15) is 13.2 Å². The number of anilines is 1. The highest BCUT2D eigenvalue weighted by Gasteiger charge is 2.38. The largest absolute Gasteiger partial charge is 0.471 e. The molecule has 0 radical (unpaired) electrons. The molecule has 8 nitrogen and oxygen atoms in total. The van der Waals surface area contributed by atoms with Gasteiger partial charge in [0.15, 0.2) is 0 Å². The molecule has 24 heavy (non-hydrogen) atoms. The third-order valence-electron chi connectivity index (χ3n) is 2.59. The number of azide groups is 1. The minimum absolute atomic E-state index is 0.0738. The second-order valence-corrected chi connectivity index (χ2v) is 4.35. The number of halogens is 3. The van der Waals surface area contributed by atoms with E-state index in [1.54, 1.807) is 5.32 Å². The van der Waals surface area contributed by atoms with Gasteiger partial charge in [0.25, 0.3) is 5.91 Å². The van der Waals surface area contributed by atoms with E-state index in [0.717, 1.165) is 0 Å². The standard InChI is InChI=1S/C13H14F3N5O3/c14-13(15,16)12(23)20-10-3-1-9(2-4-10)11(22)18-5-7-24-8-6-19-21-17/h1-4H,5-8H2,(H,18,22)(H,20,23). The molecule has 2 amide bonds. The lowest BCUT2D eigenvalue weighted by Gasteiger charge is -2.09. The molecule has 0 aliphatic rings. The second-order valence-electron chi connectivity index (χ2n) is 4.35. The second kappa shape index (κ2) is 9.38. The van der Waals surface area contributed by atoms with Gasteiger partial charge in [-0.25, -0.2) is 0 Å². The first-order valence-corrected chi connectivity index (χ1v) is 6.69. The summed E-state index contributed by atoms with van der Waals surface area (Å²) in [5.41, 5.74) is 8.19. The van der Waals surface area contributed by atoms with Gasteiger partial charge in [0.2, 0.25) is 0 Å². The summed E-state index contributed by atoms with van der Waals surface area (Å²) >= 11 is 0. The number of ether oxygens (including phenoxy) is 1. The van der Waals surface area contributed by atoms with Crippen LogP contribution in [0.3, 0.4) is 0 Å². The minimum Gasteiger partial charge on any atom is -0.379 e. The summed E-state index contributed by atoms with van der Waals surface area (Å²) in [7, 11) is 0. The van der Waals surface area contributed by atoms with Crippen LogP contribution in [0.1, 0.15) is 10.4 Å². The van der Waals surface area contributed by atoms with Crippen LogP contribution in [-0.2, 0) is 9.53 Å². The minimum atomic E-state index is -4.98. The Hall–Kier alpha value is -2.78. The topological polar surface area (TPSA) is 116 Å². The molecule has 0 aliphatic heterocycles. The monoisotopic (exact) mass is 345 g/mol. The predicted octanol–water partition coefficient (Wildman–Crippen LogP) is 2.24. The van der Waals surface area contributed by atoms with Crippen LogP contribution in [0.25, 0.3) is 10.4 Å². The Labute approximate surface area is 134 Å². The summed E-state index contributed by atoms with van der Waals surface area (Å²) in [6, 6.07) is 4.94. The average molecular weight is 345 g/mol. The molecular weight excluding hydrogens is 331 g/mol. The van der Waals surface area contributed by atoms with Crippen LogP contribution >= 0.6 is 0 Å². The SMILES string of the molecule is [N-]=[N+]=NCCOCCNC(=O)c1ccc(NC(=O)C(F)(F)F)cc1. The molecule has 2 N–H and O–H groups in total. The van der Waals surface area contributed by atoms with Gasteiger partial charge in [-0.3, -0.25) is 9.59 Å². The highest BCUT2D eigenvalue weighted by atomic mass is 19.4. The van der Waals surface area contributed by atoms with Crippen LogP contribution in [0.5, 0.6) is 0 Å². The third-order valence-corrected chi connectivity index (χ3v) is 2.59. The molecule has 11 heteroatoms. The summed E-state index contributed by atoms with van der Waals surface area (Å²) in [4.78, 5) is 25.1. The molecule has 0 fully saturated rings. The van der Waals surface area contributed by atoms with E-state index in [1.165, 1.54) is 24.3 Å². The lowest BCUT2D eigenvalue weighted by atomic mass is 10.2. The first-order valence-electron chi connectivity index (χ1n) is 6.69. The molecule has 0 saturated carbocycles. The van der Waals surface area contributed by atoms with Gasteiger partial charge in [0.1, 0.15) is 0 Å². The van der Waals surface area contributed by atoms with Crippen molar-refractivity contribution in [2.24, 2.45) is 5.11 Å². The normalized spacial score (nSPS) is 10.6. The molecule has 1 aromatic carbocycles. The van der Waals surface area contributed by atoms with Gasteiger partial charge in [0.05, 0.1) is 13.2 Å². The van der Waals surface area contributed by atoms with Gasteiger partial charge in [-0.15, -0.1) is 0 Å². The maximum atomic E-state index is 12.1.